The van der Waals surface area contributed by atoms with Gasteiger partial charge in [0.1, 0.15) is 11.9 Å². The monoisotopic (exact) mass is 551 g/mol. The summed E-state index contributed by atoms with van der Waals surface area (Å²) in [6.45, 7) is 4.50. The van der Waals surface area contributed by atoms with Crippen molar-refractivity contribution in [2.75, 3.05) is 11.4 Å². The summed E-state index contributed by atoms with van der Waals surface area (Å²) in [5.41, 5.74) is 5.73. The molecule has 0 spiro atoms. The summed E-state index contributed by atoms with van der Waals surface area (Å²) in [6.07, 6.45) is 4.91. The van der Waals surface area contributed by atoms with Crippen molar-refractivity contribution in [1.82, 2.24) is 14.9 Å². The third kappa shape index (κ3) is 5.41. The first-order chi connectivity index (χ1) is 19.4. The van der Waals surface area contributed by atoms with E-state index >= 15 is 0 Å². The fraction of sp³-hybridized carbons (Fsp3) is 0.194. The molecular weight excluding hydrogens is 522 g/mol. The van der Waals surface area contributed by atoms with Crippen molar-refractivity contribution in [1.29, 1.82) is 0 Å². The zero-order valence-corrected chi connectivity index (χ0v) is 23.1. The normalized spacial score (nSPS) is 15.7. The Hall–Kier alpha value is -4.63. The van der Waals surface area contributed by atoms with E-state index in [0.717, 1.165) is 33.8 Å². The van der Waals surface area contributed by atoms with E-state index in [9.17, 15) is 14.9 Å². The number of imidazole rings is 1. The number of hydrogen-bond donors (Lipinski definition) is 1. The van der Waals surface area contributed by atoms with E-state index in [0.29, 0.717) is 30.2 Å². The van der Waals surface area contributed by atoms with Crippen molar-refractivity contribution in [2.24, 2.45) is 0 Å². The third-order valence-corrected chi connectivity index (χ3v) is 7.60. The van der Waals surface area contributed by atoms with Crippen LogP contribution in [0.2, 0.25) is 0 Å². The molecule has 0 bridgehead atoms. The van der Waals surface area contributed by atoms with Crippen molar-refractivity contribution < 1.29 is 9.72 Å². The lowest BCUT2D eigenvalue weighted by atomic mass is 9.99. The maximum atomic E-state index is 13.9. The van der Waals surface area contributed by atoms with Gasteiger partial charge in [0, 0.05) is 25.1 Å². The smallest absolute Gasteiger partial charge is 0.269 e. The number of aromatic nitrogens is 2. The Kier molecular flexibility index (Phi) is 7.84. The Morgan fingerprint density at radius 3 is 2.45 bits per heavy atom. The Morgan fingerprint density at radius 1 is 1.07 bits per heavy atom. The number of nitrogens with one attached hydrogen (secondary N) is 1. The summed E-state index contributed by atoms with van der Waals surface area (Å²) in [6, 6.07) is 23.5. The maximum Gasteiger partial charge on any atom is 0.269 e. The summed E-state index contributed by atoms with van der Waals surface area (Å²) >= 11 is 5.88. The lowest BCUT2D eigenvalue weighted by Crippen LogP contribution is -2.37. The zero-order valence-electron chi connectivity index (χ0n) is 22.3. The number of thiocarbonyl (C=S) groups is 1. The number of non-ortho nitro benzene ring substituents is 1. The molecule has 1 N–H and O–H groups in total. The van der Waals surface area contributed by atoms with Gasteiger partial charge in [-0.1, -0.05) is 60.7 Å². The summed E-state index contributed by atoms with van der Waals surface area (Å²) in [5.74, 6) is 0.630. The van der Waals surface area contributed by atoms with Gasteiger partial charge in [-0.25, -0.2) is 4.98 Å². The molecule has 1 saturated heterocycles. The number of rotatable bonds is 9. The number of anilines is 1. The Balaban J connectivity index is 1.43. The van der Waals surface area contributed by atoms with Gasteiger partial charge in [-0.3, -0.25) is 19.8 Å². The van der Waals surface area contributed by atoms with Crippen LogP contribution in [0.3, 0.4) is 0 Å². The molecule has 1 amide bonds. The van der Waals surface area contributed by atoms with Crippen LogP contribution in [0.25, 0.3) is 16.8 Å². The minimum absolute atomic E-state index is 0.0440. The topological polar surface area (TPSA) is 95.4 Å². The van der Waals surface area contributed by atoms with E-state index in [1.54, 1.807) is 12.1 Å². The second-order valence-corrected chi connectivity index (χ2v) is 10.0. The molecule has 1 fully saturated rings. The van der Waals surface area contributed by atoms with Crippen LogP contribution in [0.15, 0.2) is 91.1 Å². The van der Waals surface area contributed by atoms with Crippen LogP contribution in [0.5, 0.6) is 0 Å². The average molecular weight is 552 g/mol. The van der Waals surface area contributed by atoms with Gasteiger partial charge in [-0.2, -0.15) is 0 Å². The average Bonchev–Trinajstić information content (AvgIpc) is 3.53. The number of allylic oxidation sites excluding steroid dienone is 1. The molecule has 1 aliphatic heterocycles. The molecule has 0 aliphatic carbocycles. The summed E-state index contributed by atoms with van der Waals surface area (Å²) in [5, 5.41) is 11.5. The second kappa shape index (κ2) is 11.6. The Bertz CT molecular complexity index is 1580. The van der Waals surface area contributed by atoms with Gasteiger partial charge in [-0.05, 0) is 66.9 Å². The van der Waals surface area contributed by atoms with Gasteiger partial charge >= 0.3 is 0 Å². The number of H-pyrrole nitrogens is 1. The van der Waals surface area contributed by atoms with Crippen LogP contribution in [-0.4, -0.2) is 43.4 Å². The van der Waals surface area contributed by atoms with Gasteiger partial charge in [0.25, 0.3) is 11.6 Å². The molecule has 5 rings (SSSR count). The van der Waals surface area contributed by atoms with Crippen molar-refractivity contribution in [3.63, 3.8) is 0 Å². The number of nitro groups is 1. The summed E-state index contributed by atoms with van der Waals surface area (Å²) < 4.78 is 0. The highest BCUT2D eigenvalue weighted by atomic mass is 32.1. The van der Waals surface area contributed by atoms with Crippen LogP contribution >= 0.6 is 12.2 Å². The lowest BCUT2D eigenvalue weighted by molar-refractivity contribution is -0.384. The van der Waals surface area contributed by atoms with Crippen LogP contribution < -0.4 is 4.90 Å². The van der Waals surface area contributed by atoms with Crippen LogP contribution in [0, 0.1) is 17.0 Å². The van der Waals surface area contributed by atoms with E-state index in [1.807, 2.05) is 60.5 Å². The van der Waals surface area contributed by atoms with E-state index < -0.39 is 11.0 Å². The standard InChI is InChI=1S/C31H29N5O3S/c1-3-22(26-12-8-7-9-21(26)2)20-34-28(17-18-29-32-19-27(33-29)23-10-5-4-6-11-23)30(37)35(31(34)40)24-13-15-25(16-14-24)36(38)39/h3-16,19,28H,17-18,20H2,1-2H3,(H,32,33)/b22-3-/t28-/m0/s1. The maximum absolute atomic E-state index is 13.9. The highest BCUT2D eigenvalue weighted by molar-refractivity contribution is 7.80. The van der Waals surface area contributed by atoms with Gasteiger partial charge in [0.05, 0.1) is 22.5 Å². The Labute approximate surface area is 238 Å². The van der Waals surface area contributed by atoms with E-state index in [4.69, 9.17) is 12.2 Å². The molecule has 0 unspecified atom stereocenters. The number of hydrogen-bond acceptors (Lipinski definition) is 5. The van der Waals surface area contributed by atoms with Gasteiger partial charge in [-0.15, -0.1) is 0 Å². The molecule has 2 heterocycles. The quantitative estimate of drug-likeness (QED) is 0.148. The zero-order chi connectivity index (χ0) is 28.2. The number of benzene rings is 3. The molecule has 9 heteroatoms. The number of carbonyl (C=O) groups excluding carboxylic acids is 1. The molecule has 1 aliphatic rings. The van der Waals surface area contributed by atoms with E-state index in [-0.39, 0.29) is 11.6 Å². The fourth-order valence-corrected chi connectivity index (χ4v) is 5.42. The number of nitrogens with zero attached hydrogens (tertiary/aromatic N) is 4. The van der Waals surface area contributed by atoms with Crippen LogP contribution in [0.4, 0.5) is 11.4 Å². The van der Waals surface area contributed by atoms with Crippen LogP contribution in [0.1, 0.15) is 30.3 Å². The first-order valence-corrected chi connectivity index (χ1v) is 13.5. The van der Waals surface area contributed by atoms with Crippen molar-refractivity contribution >= 4 is 40.2 Å². The van der Waals surface area contributed by atoms with Crippen molar-refractivity contribution in [3.05, 3.63) is 118 Å². The predicted molar refractivity (Wildman–Crippen MR) is 161 cm³/mol. The number of aryl methyl sites for hydroxylation is 2. The fourth-order valence-electron chi connectivity index (χ4n) is 5.03. The molecule has 1 aromatic heterocycles. The summed E-state index contributed by atoms with van der Waals surface area (Å²) in [7, 11) is 0. The van der Waals surface area contributed by atoms with Crippen molar-refractivity contribution in [3.8, 4) is 11.3 Å². The predicted octanol–water partition coefficient (Wildman–Crippen LogP) is 6.33. The minimum Gasteiger partial charge on any atom is -0.342 e. The molecule has 3 aromatic carbocycles. The van der Waals surface area contributed by atoms with Gasteiger partial charge in [0.15, 0.2) is 5.11 Å². The second-order valence-electron chi connectivity index (χ2n) is 9.65. The number of aromatic amines is 1. The number of carbonyl (C=O) groups is 1. The summed E-state index contributed by atoms with van der Waals surface area (Å²) in [4.78, 5) is 36.0. The molecule has 4 aromatic rings. The van der Waals surface area contributed by atoms with Gasteiger partial charge < -0.3 is 9.88 Å². The SMILES string of the molecule is C/C=C(/CN1C(=S)N(c2ccc([N+](=O)[O-])cc2)C(=O)[C@@H]1CCc1ncc(-c2ccccc2)[nH]1)c1ccccc1C. The first-order valence-electron chi connectivity index (χ1n) is 13.1. The molecule has 0 radical (unpaired) electrons. The van der Waals surface area contributed by atoms with Gasteiger partial charge in [0.2, 0.25) is 0 Å². The largest absolute Gasteiger partial charge is 0.342 e. The highest BCUT2D eigenvalue weighted by Crippen LogP contribution is 2.32. The molecule has 40 heavy (non-hydrogen) atoms. The molecule has 1 atom stereocenters. The highest BCUT2D eigenvalue weighted by Gasteiger charge is 2.43. The molecule has 8 nitrogen and oxygen atoms in total. The minimum atomic E-state index is -0.521. The van der Waals surface area contributed by atoms with E-state index in [2.05, 4.69) is 35.1 Å². The van der Waals surface area contributed by atoms with E-state index in [1.165, 1.54) is 17.0 Å². The first kappa shape index (κ1) is 27.0. The molecule has 202 valence electrons. The number of nitro benzene ring substituents is 1. The number of amides is 1. The Morgan fingerprint density at radius 2 is 1.77 bits per heavy atom. The van der Waals surface area contributed by atoms with Crippen molar-refractivity contribution in [2.45, 2.75) is 32.7 Å². The third-order valence-electron chi connectivity index (χ3n) is 7.19. The lowest BCUT2D eigenvalue weighted by Gasteiger charge is -2.26. The molecular formula is C31H29N5O3S. The molecule has 0 saturated carbocycles. The van der Waals surface area contributed by atoms with Crippen LogP contribution in [-0.2, 0) is 11.2 Å².